The van der Waals surface area contributed by atoms with Crippen LogP contribution in [0.4, 0.5) is 10.1 Å². The van der Waals surface area contributed by atoms with Gasteiger partial charge in [-0.05, 0) is 43.3 Å². The molecule has 0 aliphatic heterocycles. The van der Waals surface area contributed by atoms with E-state index in [4.69, 9.17) is 0 Å². The molecule has 0 saturated heterocycles. The number of rotatable bonds is 3. The normalized spacial score (nSPS) is 10.1. The Hall–Kier alpha value is -2.23. The third-order valence-corrected chi connectivity index (χ3v) is 2.58. The minimum atomic E-state index is -0.319. The topological polar surface area (TPSA) is 33.2 Å². The summed E-state index contributed by atoms with van der Waals surface area (Å²) in [5, 5.41) is 0. The standard InChI is InChI=1S/C14H13FN2O/c1-2-17(12-8-6-11(15)7-9-12)14(18)13-5-3-4-10-16-13/h3-10H,2H2,1H3. The Bertz CT molecular complexity index is 525. The molecule has 0 N–H and O–H groups in total. The zero-order valence-corrected chi connectivity index (χ0v) is 10.0. The van der Waals surface area contributed by atoms with Crippen molar-refractivity contribution in [3.05, 3.63) is 60.2 Å². The first-order valence-corrected chi connectivity index (χ1v) is 5.71. The molecule has 0 bridgehead atoms. The molecule has 1 heterocycles. The third-order valence-electron chi connectivity index (χ3n) is 2.58. The highest BCUT2D eigenvalue weighted by Crippen LogP contribution is 2.16. The minimum absolute atomic E-state index is 0.190. The quantitative estimate of drug-likeness (QED) is 0.831. The maximum Gasteiger partial charge on any atom is 0.276 e. The fourth-order valence-electron chi connectivity index (χ4n) is 1.69. The van der Waals surface area contributed by atoms with Gasteiger partial charge in [-0.3, -0.25) is 9.78 Å². The second-order valence-electron chi connectivity index (χ2n) is 3.74. The Balaban J connectivity index is 2.29. The van der Waals surface area contributed by atoms with E-state index in [1.807, 2.05) is 6.92 Å². The number of carbonyl (C=O) groups excluding carboxylic acids is 1. The van der Waals surface area contributed by atoms with Crippen LogP contribution >= 0.6 is 0 Å². The Morgan fingerprint density at radius 1 is 1.22 bits per heavy atom. The summed E-state index contributed by atoms with van der Waals surface area (Å²) in [6.07, 6.45) is 1.58. The highest BCUT2D eigenvalue weighted by molar-refractivity contribution is 6.04. The van der Waals surface area contributed by atoms with E-state index in [1.54, 1.807) is 41.4 Å². The summed E-state index contributed by atoms with van der Waals surface area (Å²) in [5.41, 5.74) is 1.04. The molecule has 2 rings (SSSR count). The van der Waals surface area contributed by atoms with Crippen LogP contribution in [-0.2, 0) is 0 Å². The molecular formula is C14H13FN2O. The van der Waals surface area contributed by atoms with Crippen molar-refractivity contribution in [1.82, 2.24) is 4.98 Å². The van der Waals surface area contributed by atoms with Gasteiger partial charge in [0.15, 0.2) is 0 Å². The fourth-order valence-corrected chi connectivity index (χ4v) is 1.69. The Labute approximate surface area is 105 Å². The highest BCUT2D eigenvalue weighted by Gasteiger charge is 2.16. The predicted octanol–water partition coefficient (Wildman–Crippen LogP) is 2.89. The molecule has 1 amide bonds. The third kappa shape index (κ3) is 2.53. The van der Waals surface area contributed by atoms with Gasteiger partial charge in [0.2, 0.25) is 0 Å². The molecule has 2 aromatic rings. The van der Waals surface area contributed by atoms with Crippen molar-refractivity contribution in [3.63, 3.8) is 0 Å². The van der Waals surface area contributed by atoms with Crippen LogP contribution < -0.4 is 4.90 Å². The molecule has 0 aliphatic carbocycles. The lowest BCUT2D eigenvalue weighted by molar-refractivity contribution is 0.0983. The van der Waals surface area contributed by atoms with E-state index in [9.17, 15) is 9.18 Å². The predicted molar refractivity (Wildman–Crippen MR) is 68.0 cm³/mol. The summed E-state index contributed by atoms with van der Waals surface area (Å²) in [5.74, 6) is -0.509. The molecule has 0 fully saturated rings. The number of carbonyl (C=O) groups is 1. The maximum atomic E-state index is 12.9. The molecule has 0 spiro atoms. The number of aromatic nitrogens is 1. The van der Waals surface area contributed by atoms with Crippen molar-refractivity contribution in [3.8, 4) is 0 Å². The molecular weight excluding hydrogens is 231 g/mol. The van der Waals surface area contributed by atoms with Crippen molar-refractivity contribution in [2.75, 3.05) is 11.4 Å². The molecule has 3 nitrogen and oxygen atoms in total. The smallest absolute Gasteiger partial charge is 0.276 e. The van der Waals surface area contributed by atoms with E-state index in [2.05, 4.69) is 4.98 Å². The second kappa shape index (κ2) is 5.40. The molecule has 4 heteroatoms. The van der Waals surface area contributed by atoms with E-state index >= 15 is 0 Å². The summed E-state index contributed by atoms with van der Waals surface area (Å²) in [4.78, 5) is 17.8. The van der Waals surface area contributed by atoms with Gasteiger partial charge in [0.25, 0.3) is 5.91 Å². The van der Waals surface area contributed by atoms with Gasteiger partial charge in [-0.2, -0.15) is 0 Å². The molecule has 92 valence electrons. The fraction of sp³-hybridized carbons (Fsp3) is 0.143. The van der Waals surface area contributed by atoms with Crippen LogP contribution in [0.3, 0.4) is 0 Å². The van der Waals surface area contributed by atoms with Gasteiger partial charge in [0.05, 0.1) is 0 Å². The number of hydrogen-bond donors (Lipinski definition) is 0. The Morgan fingerprint density at radius 3 is 2.50 bits per heavy atom. The first-order chi connectivity index (χ1) is 8.72. The van der Waals surface area contributed by atoms with Crippen LogP contribution in [0.2, 0.25) is 0 Å². The summed E-state index contributed by atoms with van der Waals surface area (Å²) in [6.45, 7) is 2.37. The average molecular weight is 244 g/mol. The van der Waals surface area contributed by atoms with Gasteiger partial charge in [0.1, 0.15) is 11.5 Å². The first kappa shape index (κ1) is 12.2. The molecule has 0 atom stereocenters. The zero-order chi connectivity index (χ0) is 13.0. The molecule has 18 heavy (non-hydrogen) atoms. The summed E-state index contributed by atoms with van der Waals surface area (Å²) < 4.78 is 12.9. The molecule has 0 unspecified atom stereocenters. The molecule has 0 aliphatic rings. The van der Waals surface area contributed by atoms with Crippen LogP contribution in [0.5, 0.6) is 0 Å². The lowest BCUT2D eigenvalue weighted by Crippen LogP contribution is -2.31. The van der Waals surface area contributed by atoms with Crippen molar-refractivity contribution in [1.29, 1.82) is 0 Å². The summed E-state index contributed by atoms with van der Waals surface area (Å²) in [7, 11) is 0. The van der Waals surface area contributed by atoms with Gasteiger partial charge < -0.3 is 4.90 Å². The van der Waals surface area contributed by atoms with E-state index in [0.29, 0.717) is 17.9 Å². The van der Waals surface area contributed by atoms with Gasteiger partial charge in [-0.1, -0.05) is 6.07 Å². The average Bonchev–Trinajstić information content (AvgIpc) is 2.42. The number of amides is 1. The van der Waals surface area contributed by atoms with E-state index in [-0.39, 0.29) is 11.7 Å². The van der Waals surface area contributed by atoms with E-state index in [1.165, 1.54) is 12.1 Å². The van der Waals surface area contributed by atoms with Crippen LogP contribution in [0, 0.1) is 5.82 Å². The lowest BCUT2D eigenvalue weighted by atomic mass is 10.2. The number of benzene rings is 1. The van der Waals surface area contributed by atoms with Crippen LogP contribution in [0.15, 0.2) is 48.7 Å². The van der Waals surface area contributed by atoms with Crippen LogP contribution in [0.25, 0.3) is 0 Å². The van der Waals surface area contributed by atoms with Crippen LogP contribution in [-0.4, -0.2) is 17.4 Å². The molecule has 0 radical (unpaired) electrons. The Kier molecular flexibility index (Phi) is 3.67. The van der Waals surface area contributed by atoms with Crippen molar-refractivity contribution in [2.24, 2.45) is 0 Å². The highest BCUT2D eigenvalue weighted by atomic mass is 19.1. The largest absolute Gasteiger partial charge is 0.307 e. The van der Waals surface area contributed by atoms with Gasteiger partial charge in [0, 0.05) is 18.4 Å². The Morgan fingerprint density at radius 2 is 1.94 bits per heavy atom. The van der Waals surface area contributed by atoms with Crippen molar-refractivity contribution >= 4 is 11.6 Å². The molecule has 0 saturated carbocycles. The zero-order valence-electron chi connectivity index (χ0n) is 10.0. The van der Waals surface area contributed by atoms with E-state index < -0.39 is 0 Å². The van der Waals surface area contributed by atoms with Crippen molar-refractivity contribution < 1.29 is 9.18 Å². The van der Waals surface area contributed by atoms with Gasteiger partial charge in [-0.25, -0.2) is 4.39 Å². The summed E-state index contributed by atoms with van der Waals surface area (Å²) in [6, 6.07) is 11.0. The number of nitrogens with zero attached hydrogens (tertiary/aromatic N) is 2. The number of halogens is 1. The molecule has 1 aromatic heterocycles. The van der Waals surface area contributed by atoms with E-state index in [0.717, 1.165) is 0 Å². The first-order valence-electron chi connectivity index (χ1n) is 5.71. The maximum absolute atomic E-state index is 12.9. The van der Waals surface area contributed by atoms with Crippen molar-refractivity contribution in [2.45, 2.75) is 6.92 Å². The lowest BCUT2D eigenvalue weighted by Gasteiger charge is -2.20. The monoisotopic (exact) mass is 244 g/mol. The minimum Gasteiger partial charge on any atom is -0.307 e. The summed E-state index contributed by atoms with van der Waals surface area (Å²) >= 11 is 0. The molecule has 1 aromatic carbocycles. The SMILES string of the molecule is CCN(C(=O)c1ccccn1)c1ccc(F)cc1. The van der Waals surface area contributed by atoms with Gasteiger partial charge >= 0.3 is 0 Å². The van der Waals surface area contributed by atoms with Gasteiger partial charge in [-0.15, -0.1) is 0 Å². The number of pyridine rings is 1. The van der Waals surface area contributed by atoms with Crippen LogP contribution in [0.1, 0.15) is 17.4 Å². The number of anilines is 1. The second-order valence-corrected chi connectivity index (χ2v) is 3.74. The number of hydrogen-bond acceptors (Lipinski definition) is 2.